The SMILES string of the molecule is C[C@H](CCCCC[C@H](O)[C@@H](O)C#CCO[Si](C)(C)C(C)(C)C)O[Si](c1ccccc1)(c1ccccc1)C(C)(C)C. The number of hydrogen-bond acceptors (Lipinski definition) is 4. The molecule has 3 atom stereocenters. The maximum Gasteiger partial charge on any atom is 0.261 e. The van der Waals surface area contributed by atoms with Gasteiger partial charge in [0.05, 0.1) is 12.7 Å². The van der Waals surface area contributed by atoms with Crippen LogP contribution in [0, 0.1) is 11.8 Å². The molecule has 222 valence electrons. The summed E-state index contributed by atoms with van der Waals surface area (Å²) in [5.74, 6) is 5.69. The van der Waals surface area contributed by atoms with Crippen molar-refractivity contribution in [3.8, 4) is 11.8 Å². The predicted molar refractivity (Wildman–Crippen MR) is 174 cm³/mol. The Morgan fingerprint density at radius 1 is 0.750 bits per heavy atom. The summed E-state index contributed by atoms with van der Waals surface area (Å²) in [6.07, 6.45) is 2.53. The first-order valence-corrected chi connectivity index (χ1v) is 19.7. The van der Waals surface area contributed by atoms with Crippen LogP contribution in [0.1, 0.15) is 80.6 Å². The third-order valence-corrected chi connectivity index (χ3v) is 18.0. The van der Waals surface area contributed by atoms with Crippen molar-refractivity contribution in [1.82, 2.24) is 0 Å². The van der Waals surface area contributed by atoms with Gasteiger partial charge >= 0.3 is 0 Å². The van der Waals surface area contributed by atoms with Gasteiger partial charge < -0.3 is 19.1 Å². The lowest BCUT2D eigenvalue weighted by atomic mass is 10.0. The lowest BCUT2D eigenvalue weighted by Gasteiger charge is -2.44. The average molecular weight is 583 g/mol. The summed E-state index contributed by atoms with van der Waals surface area (Å²) in [7, 11) is -4.41. The number of aliphatic hydroxyl groups is 2. The van der Waals surface area contributed by atoms with Crippen LogP contribution in [-0.2, 0) is 8.85 Å². The predicted octanol–water partition coefficient (Wildman–Crippen LogP) is 6.65. The molecule has 0 aliphatic rings. The van der Waals surface area contributed by atoms with Gasteiger partial charge in [-0.3, -0.25) is 0 Å². The Hall–Kier alpha value is -1.73. The first-order chi connectivity index (χ1) is 18.6. The zero-order valence-electron chi connectivity index (χ0n) is 26.5. The molecule has 2 aromatic carbocycles. The largest absolute Gasteiger partial charge is 0.406 e. The molecule has 6 heteroatoms. The van der Waals surface area contributed by atoms with E-state index in [2.05, 4.69) is 134 Å². The van der Waals surface area contributed by atoms with Gasteiger partial charge in [0, 0.05) is 6.10 Å². The van der Waals surface area contributed by atoms with Crippen LogP contribution in [0.15, 0.2) is 60.7 Å². The van der Waals surface area contributed by atoms with Crippen LogP contribution < -0.4 is 10.4 Å². The Balaban J connectivity index is 1.90. The Bertz CT molecular complexity index is 1020. The summed E-state index contributed by atoms with van der Waals surface area (Å²) >= 11 is 0. The molecule has 40 heavy (non-hydrogen) atoms. The number of rotatable bonds is 13. The van der Waals surface area contributed by atoms with Crippen LogP contribution in [0.3, 0.4) is 0 Å². The fraction of sp³-hybridized carbons (Fsp3) is 0.588. The van der Waals surface area contributed by atoms with Gasteiger partial charge in [0.15, 0.2) is 8.32 Å². The summed E-state index contributed by atoms with van der Waals surface area (Å²) in [6.45, 7) is 20.3. The molecule has 2 aromatic rings. The van der Waals surface area contributed by atoms with Gasteiger partial charge in [0.25, 0.3) is 8.32 Å². The Morgan fingerprint density at radius 3 is 1.73 bits per heavy atom. The molecule has 4 nitrogen and oxygen atoms in total. The number of hydrogen-bond donors (Lipinski definition) is 2. The van der Waals surface area contributed by atoms with Gasteiger partial charge in [-0.1, -0.05) is 133 Å². The summed E-state index contributed by atoms with van der Waals surface area (Å²) < 4.78 is 13.2. The van der Waals surface area contributed by atoms with Crippen molar-refractivity contribution < 1.29 is 19.1 Å². The van der Waals surface area contributed by atoms with Crippen molar-refractivity contribution >= 4 is 27.0 Å². The number of benzene rings is 2. The molecule has 0 radical (unpaired) electrons. The second-order valence-electron chi connectivity index (χ2n) is 13.6. The maximum atomic E-state index is 10.4. The van der Waals surface area contributed by atoms with Crippen LogP contribution in [0.25, 0.3) is 0 Å². The van der Waals surface area contributed by atoms with Crippen LogP contribution in [0.2, 0.25) is 23.2 Å². The fourth-order valence-corrected chi connectivity index (χ4v) is 10.4. The van der Waals surface area contributed by atoms with E-state index in [4.69, 9.17) is 8.85 Å². The van der Waals surface area contributed by atoms with E-state index >= 15 is 0 Å². The minimum Gasteiger partial charge on any atom is -0.406 e. The molecule has 0 aliphatic heterocycles. The maximum absolute atomic E-state index is 10.4. The summed E-state index contributed by atoms with van der Waals surface area (Å²) in [4.78, 5) is 0. The molecule has 0 amide bonds. The van der Waals surface area contributed by atoms with Gasteiger partial charge in [0.2, 0.25) is 0 Å². The molecule has 2 N–H and O–H groups in total. The molecule has 0 bridgehead atoms. The highest BCUT2D eigenvalue weighted by Gasteiger charge is 2.50. The van der Waals surface area contributed by atoms with E-state index in [1.807, 2.05) is 0 Å². The van der Waals surface area contributed by atoms with E-state index in [0.29, 0.717) is 13.0 Å². The van der Waals surface area contributed by atoms with Crippen molar-refractivity contribution in [3.05, 3.63) is 60.7 Å². The topological polar surface area (TPSA) is 58.9 Å². The minimum absolute atomic E-state index is 0.0407. The monoisotopic (exact) mass is 582 g/mol. The molecular weight excluding hydrogens is 529 g/mol. The summed E-state index contributed by atoms with van der Waals surface area (Å²) in [6, 6.07) is 21.5. The van der Waals surface area contributed by atoms with E-state index in [9.17, 15) is 10.2 Å². The molecule has 0 unspecified atom stereocenters. The highest BCUT2D eigenvalue weighted by molar-refractivity contribution is 6.99. The lowest BCUT2D eigenvalue weighted by molar-refractivity contribution is 0.0466. The standard InChI is InChI=1S/C34H54O4Si2/c1-28(20-13-10-18-25-31(35)32(36)26-19-27-37-39(8,9)33(2,3)4)38-40(34(5,6)7,29-21-14-11-15-22-29)30-23-16-12-17-24-30/h11-12,14-17,21-24,28,31-32,35-36H,10,13,18,20,25,27H2,1-9H3/t28-,31+,32+/m1/s1. The van der Waals surface area contributed by atoms with Crippen LogP contribution in [0.5, 0.6) is 0 Å². The summed E-state index contributed by atoms with van der Waals surface area (Å²) in [5, 5.41) is 23.4. The van der Waals surface area contributed by atoms with Crippen LogP contribution in [0.4, 0.5) is 0 Å². The average Bonchev–Trinajstić information content (AvgIpc) is 2.89. The van der Waals surface area contributed by atoms with Gasteiger partial charge in [-0.25, -0.2) is 0 Å². The molecule has 0 aliphatic carbocycles. The van der Waals surface area contributed by atoms with Crippen molar-refractivity contribution in [2.75, 3.05) is 6.61 Å². The zero-order valence-corrected chi connectivity index (χ0v) is 28.5. The normalized spacial score (nSPS) is 15.2. The zero-order chi connectivity index (χ0) is 30.0. The lowest BCUT2D eigenvalue weighted by Crippen LogP contribution is -2.67. The molecule has 0 saturated carbocycles. The molecule has 0 aromatic heterocycles. The Morgan fingerprint density at radius 2 is 1.25 bits per heavy atom. The van der Waals surface area contributed by atoms with E-state index < -0.39 is 28.8 Å². The third kappa shape index (κ3) is 9.40. The number of unbranched alkanes of at least 4 members (excludes halogenated alkanes) is 2. The fourth-order valence-electron chi connectivity index (χ4n) is 4.85. The first-order valence-electron chi connectivity index (χ1n) is 14.9. The van der Waals surface area contributed by atoms with Crippen molar-refractivity contribution in [1.29, 1.82) is 0 Å². The van der Waals surface area contributed by atoms with Gasteiger partial charge in [-0.2, -0.15) is 0 Å². The van der Waals surface area contributed by atoms with Gasteiger partial charge in [0.1, 0.15) is 6.10 Å². The van der Waals surface area contributed by atoms with Crippen molar-refractivity contribution in [3.63, 3.8) is 0 Å². The second kappa shape index (κ2) is 15.0. The molecule has 0 heterocycles. The quantitative estimate of drug-likeness (QED) is 0.158. The van der Waals surface area contributed by atoms with Crippen molar-refractivity contribution in [2.24, 2.45) is 0 Å². The molecular formula is C34H54O4Si2. The van der Waals surface area contributed by atoms with Crippen LogP contribution >= 0.6 is 0 Å². The van der Waals surface area contributed by atoms with Crippen molar-refractivity contribution in [2.45, 2.75) is 122 Å². The molecule has 0 fully saturated rings. The number of aliphatic hydroxyl groups excluding tert-OH is 2. The van der Waals surface area contributed by atoms with Gasteiger partial charge in [-0.15, -0.1) is 0 Å². The Kier molecular flexibility index (Phi) is 12.9. The molecule has 2 rings (SSSR count). The first kappa shape index (κ1) is 34.5. The second-order valence-corrected chi connectivity index (χ2v) is 22.7. The summed E-state index contributed by atoms with van der Waals surface area (Å²) in [5.41, 5.74) is 0. The van der Waals surface area contributed by atoms with E-state index in [1.54, 1.807) is 0 Å². The van der Waals surface area contributed by atoms with E-state index in [1.165, 1.54) is 10.4 Å². The smallest absolute Gasteiger partial charge is 0.261 e. The van der Waals surface area contributed by atoms with Gasteiger partial charge in [-0.05, 0) is 53.3 Å². The van der Waals surface area contributed by atoms with E-state index in [-0.39, 0.29) is 16.2 Å². The minimum atomic E-state index is -2.55. The van der Waals surface area contributed by atoms with Crippen LogP contribution in [-0.4, -0.2) is 51.8 Å². The third-order valence-electron chi connectivity index (χ3n) is 8.33. The molecule has 0 saturated heterocycles. The highest BCUT2D eigenvalue weighted by atomic mass is 28.4. The Labute approximate surface area is 246 Å². The highest BCUT2D eigenvalue weighted by Crippen LogP contribution is 2.38. The van der Waals surface area contributed by atoms with E-state index in [0.717, 1.165) is 25.7 Å². The molecule has 0 spiro atoms.